The highest BCUT2D eigenvalue weighted by molar-refractivity contribution is 7.91. The average Bonchev–Trinajstić information content (AvgIpc) is 2.62. The molecule has 25 heavy (non-hydrogen) atoms. The van der Waals surface area contributed by atoms with E-state index in [9.17, 15) is 16.8 Å². The first-order valence-corrected chi connectivity index (χ1v) is 11.7. The summed E-state index contributed by atoms with van der Waals surface area (Å²) in [5, 5.41) is 3.18. The van der Waals surface area contributed by atoms with Crippen LogP contribution in [0.1, 0.15) is 19.8 Å². The van der Waals surface area contributed by atoms with E-state index in [-0.39, 0.29) is 23.0 Å². The second-order valence-electron chi connectivity index (χ2n) is 6.02. The Kier molecular flexibility index (Phi) is 6.84. The van der Waals surface area contributed by atoms with Gasteiger partial charge in [0.1, 0.15) is 12.4 Å². The van der Waals surface area contributed by atoms with Gasteiger partial charge in [0.2, 0.25) is 10.0 Å². The Bertz CT molecular complexity index is 752. The van der Waals surface area contributed by atoms with Crippen LogP contribution in [0.25, 0.3) is 0 Å². The molecule has 0 bridgehead atoms. The maximum Gasteiger partial charge on any atom is 0.243 e. The Balaban J connectivity index is 1.97. The van der Waals surface area contributed by atoms with E-state index < -0.39 is 19.9 Å². The lowest BCUT2D eigenvalue weighted by Gasteiger charge is -2.31. The molecule has 1 heterocycles. The molecule has 2 rings (SSSR count). The standard InChI is InChI=1S/C16H26N2O5S2/c1-3-24(19,20)13-12-23-15-4-6-16(7-5-15)25(21,22)18-10-8-14(17-2)9-11-18/h4-7,14,17H,3,8-13H2,1-2H3. The molecule has 1 N–H and O–H groups in total. The zero-order valence-corrected chi connectivity index (χ0v) is 16.3. The van der Waals surface area contributed by atoms with Crippen molar-refractivity contribution < 1.29 is 21.6 Å². The van der Waals surface area contributed by atoms with E-state index in [0.717, 1.165) is 12.8 Å². The molecule has 0 spiro atoms. The summed E-state index contributed by atoms with van der Waals surface area (Å²) in [5.74, 6) is 0.487. The summed E-state index contributed by atoms with van der Waals surface area (Å²) in [7, 11) is -4.69. The number of sulfone groups is 1. The van der Waals surface area contributed by atoms with Gasteiger partial charge in [-0.2, -0.15) is 4.31 Å². The first-order chi connectivity index (χ1) is 11.8. The summed E-state index contributed by atoms with van der Waals surface area (Å²) in [5.41, 5.74) is 0. The number of piperidine rings is 1. The predicted molar refractivity (Wildman–Crippen MR) is 97.1 cm³/mol. The fraction of sp³-hybridized carbons (Fsp3) is 0.625. The molecule has 7 nitrogen and oxygen atoms in total. The molecule has 0 radical (unpaired) electrons. The quantitative estimate of drug-likeness (QED) is 0.708. The number of hydrogen-bond acceptors (Lipinski definition) is 6. The molecule has 0 aromatic heterocycles. The van der Waals surface area contributed by atoms with Crippen LogP contribution in [-0.4, -0.2) is 65.4 Å². The minimum Gasteiger partial charge on any atom is -0.493 e. The van der Waals surface area contributed by atoms with Gasteiger partial charge < -0.3 is 10.1 Å². The monoisotopic (exact) mass is 390 g/mol. The van der Waals surface area contributed by atoms with Crippen LogP contribution in [-0.2, 0) is 19.9 Å². The van der Waals surface area contributed by atoms with E-state index in [1.807, 2.05) is 7.05 Å². The van der Waals surface area contributed by atoms with Crippen molar-refractivity contribution >= 4 is 19.9 Å². The summed E-state index contributed by atoms with van der Waals surface area (Å²) in [4.78, 5) is 0.226. The molecule has 1 aromatic rings. The molecule has 1 aliphatic rings. The van der Waals surface area contributed by atoms with Gasteiger partial charge in [0.05, 0.1) is 10.6 Å². The first-order valence-electron chi connectivity index (χ1n) is 8.39. The van der Waals surface area contributed by atoms with Crippen LogP contribution >= 0.6 is 0 Å². The van der Waals surface area contributed by atoms with Gasteiger partial charge in [0, 0.05) is 24.9 Å². The largest absolute Gasteiger partial charge is 0.493 e. The van der Waals surface area contributed by atoms with Crippen molar-refractivity contribution in [2.24, 2.45) is 0 Å². The number of nitrogens with one attached hydrogen (secondary N) is 1. The molecular formula is C16H26N2O5S2. The Hall–Kier alpha value is -1.16. The van der Waals surface area contributed by atoms with Gasteiger partial charge in [-0.1, -0.05) is 6.92 Å². The van der Waals surface area contributed by atoms with Crippen LogP contribution in [0.2, 0.25) is 0 Å². The highest BCUT2D eigenvalue weighted by Gasteiger charge is 2.28. The van der Waals surface area contributed by atoms with Gasteiger partial charge in [-0.25, -0.2) is 16.8 Å². The maximum atomic E-state index is 12.7. The van der Waals surface area contributed by atoms with E-state index in [0.29, 0.717) is 24.9 Å². The summed E-state index contributed by atoms with van der Waals surface area (Å²) in [6.45, 7) is 2.65. The smallest absolute Gasteiger partial charge is 0.243 e. The van der Waals surface area contributed by atoms with Crippen LogP contribution in [0.15, 0.2) is 29.2 Å². The van der Waals surface area contributed by atoms with Crippen LogP contribution in [0, 0.1) is 0 Å². The fourth-order valence-corrected chi connectivity index (χ4v) is 4.77. The molecule has 0 unspecified atom stereocenters. The minimum atomic E-state index is -3.50. The summed E-state index contributed by atoms with van der Waals surface area (Å²) >= 11 is 0. The van der Waals surface area contributed by atoms with Crippen molar-refractivity contribution in [1.82, 2.24) is 9.62 Å². The van der Waals surface area contributed by atoms with Crippen LogP contribution < -0.4 is 10.1 Å². The molecule has 9 heteroatoms. The number of benzene rings is 1. The SMILES string of the molecule is CCS(=O)(=O)CCOc1ccc(S(=O)(=O)N2CCC(NC)CC2)cc1. The molecule has 1 saturated heterocycles. The van der Waals surface area contributed by atoms with Crippen molar-refractivity contribution in [1.29, 1.82) is 0 Å². The molecule has 0 aliphatic carbocycles. The van der Waals surface area contributed by atoms with E-state index in [1.165, 1.54) is 16.4 Å². The average molecular weight is 391 g/mol. The van der Waals surface area contributed by atoms with Gasteiger partial charge >= 0.3 is 0 Å². The number of rotatable bonds is 8. The lowest BCUT2D eigenvalue weighted by atomic mass is 10.1. The van der Waals surface area contributed by atoms with E-state index in [2.05, 4.69) is 5.32 Å². The first kappa shape index (κ1) is 20.2. The van der Waals surface area contributed by atoms with Crippen molar-refractivity contribution in [3.8, 4) is 5.75 Å². The Labute approximate surface area is 150 Å². The lowest BCUT2D eigenvalue weighted by Crippen LogP contribution is -2.43. The molecular weight excluding hydrogens is 364 g/mol. The summed E-state index contributed by atoms with van der Waals surface area (Å²) in [6.07, 6.45) is 1.59. The van der Waals surface area contributed by atoms with Crippen molar-refractivity contribution in [3.63, 3.8) is 0 Å². The number of hydrogen-bond donors (Lipinski definition) is 1. The Morgan fingerprint density at radius 2 is 1.72 bits per heavy atom. The second kappa shape index (κ2) is 8.48. The topological polar surface area (TPSA) is 92.8 Å². The highest BCUT2D eigenvalue weighted by Crippen LogP contribution is 2.22. The van der Waals surface area contributed by atoms with Crippen LogP contribution in [0.4, 0.5) is 0 Å². The lowest BCUT2D eigenvalue weighted by molar-refractivity contribution is 0.298. The zero-order chi connectivity index (χ0) is 18.5. The molecule has 1 fully saturated rings. The van der Waals surface area contributed by atoms with E-state index >= 15 is 0 Å². The third kappa shape index (κ3) is 5.40. The Morgan fingerprint density at radius 1 is 1.12 bits per heavy atom. The van der Waals surface area contributed by atoms with Gasteiger partial charge in [-0.3, -0.25) is 0 Å². The van der Waals surface area contributed by atoms with Crippen LogP contribution in [0.5, 0.6) is 5.75 Å². The van der Waals surface area contributed by atoms with E-state index in [4.69, 9.17) is 4.74 Å². The third-order valence-electron chi connectivity index (χ3n) is 4.43. The van der Waals surface area contributed by atoms with Gasteiger partial charge in [-0.15, -0.1) is 0 Å². The number of sulfonamides is 1. The van der Waals surface area contributed by atoms with Gasteiger partial charge in [-0.05, 0) is 44.2 Å². The molecule has 1 aliphatic heterocycles. The Morgan fingerprint density at radius 3 is 2.24 bits per heavy atom. The third-order valence-corrected chi connectivity index (χ3v) is 8.01. The zero-order valence-electron chi connectivity index (χ0n) is 14.6. The summed E-state index contributed by atoms with van der Waals surface area (Å²) in [6, 6.07) is 6.49. The molecule has 0 amide bonds. The van der Waals surface area contributed by atoms with Crippen molar-refractivity contribution in [2.45, 2.75) is 30.7 Å². The van der Waals surface area contributed by atoms with Gasteiger partial charge in [0.15, 0.2) is 9.84 Å². The molecule has 142 valence electrons. The molecule has 0 saturated carbocycles. The van der Waals surface area contributed by atoms with Crippen molar-refractivity contribution in [3.05, 3.63) is 24.3 Å². The second-order valence-corrected chi connectivity index (χ2v) is 10.4. The normalized spacial score (nSPS) is 17.5. The summed E-state index contributed by atoms with van der Waals surface area (Å²) < 4.78 is 55.1. The molecule has 0 atom stereocenters. The number of ether oxygens (including phenoxy) is 1. The van der Waals surface area contributed by atoms with Gasteiger partial charge in [0.25, 0.3) is 0 Å². The minimum absolute atomic E-state index is 0.0516. The highest BCUT2D eigenvalue weighted by atomic mass is 32.2. The molecule has 1 aromatic carbocycles. The van der Waals surface area contributed by atoms with Crippen molar-refractivity contribution in [2.75, 3.05) is 38.2 Å². The number of nitrogens with zero attached hydrogens (tertiary/aromatic N) is 1. The van der Waals surface area contributed by atoms with Crippen LogP contribution in [0.3, 0.4) is 0 Å². The van der Waals surface area contributed by atoms with E-state index in [1.54, 1.807) is 19.1 Å². The maximum absolute atomic E-state index is 12.7. The fourth-order valence-electron chi connectivity index (χ4n) is 2.67. The predicted octanol–water partition coefficient (Wildman–Crippen LogP) is 0.873.